The number of aryl methyl sites for hydroxylation is 1. The van der Waals surface area contributed by atoms with Crippen molar-refractivity contribution in [2.75, 3.05) is 13.1 Å². The zero-order valence-corrected chi connectivity index (χ0v) is 14.3. The molecule has 1 aliphatic heterocycles. The third kappa shape index (κ3) is 4.36. The Bertz CT molecular complexity index is 760. The average Bonchev–Trinajstić information content (AvgIpc) is 3.09. The lowest BCUT2D eigenvalue weighted by atomic mass is 9.98. The van der Waals surface area contributed by atoms with Gasteiger partial charge in [0.25, 0.3) is 0 Å². The first kappa shape index (κ1) is 17.4. The van der Waals surface area contributed by atoms with Gasteiger partial charge in [-0.3, -0.25) is 9.59 Å². The number of nitrogens with zero attached hydrogens (tertiary/aromatic N) is 3. The summed E-state index contributed by atoms with van der Waals surface area (Å²) in [6, 6.07) is 7.07. The van der Waals surface area contributed by atoms with Gasteiger partial charge in [-0.1, -0.05) is 16.8 Å². The van der Waals surface area contributed by atoms with Crippen LogP contribution in [0.15, 0.2) is 28.8 Å². The average molecular weight is 364 g/mol. The van der Waals surface area contributed by atoms with Crippen LogP contribution in [0.2, 0.25) is 5.02 Å². The number of carboxylic acids is 1. The van der Waals surface area contributed by atoms with Crippen LogP contribution < -0.4 is 0 Å². The molecule has 7 nitrogen and oxygen atoms in total. The van der Waals surface area contributed by atoms with E-state index < -0.39 is 11.9 Å². The number of halogens is 1. The largest absolute Gasteiger partial charge is 0.481 e. The van der Waals surface area contributed by atoms with Crippen molar-refractivity contribution in [2.24, 2.45) is 5.92 Å². The number of carbonyl (C=O) groups excluding carboxylic acids is 1. The molecule has 1 saturated heterocycles. The molecule has 1 N–H and O–H groups in total. The van der Waals surface area contributed by atoms with Gasteiger partial charge >= 0.3 is 5.97 Å². The van der Waals surface area contributed by atoms with E-state index in [9.17, 15) is 9.59 Å². The first-order chi connectivity index (χ1) is 12.0. The van der Waals surface area contributed by atoms with Crippen molar-refractivity contribution in [3.63, 3.8) is 0 Å². The molecule has 8 heteroatoms. The van der Waals surface area contributed by atoms with Crippen LogP contribution in [0.5, 0.6) is 0 Å². The highest BCUT2D eigenvalue weighted by molar-refractivity contribution is 6.30. The first-order valence-electron chi connectivity index (χ1n) is 8.12. The number of carbonyl (C=O) groups is 2. The summed E-state index contributed by atoms with van der Waals surface area (Å²) >= 11 is 5.85. The third-order valence-corrected chi connectivity index (χ3v) is 4.50. The molecule has 3 rings (SSSR count). The van der Waals surface area contributed by atoms with Gasteiger partial charge < -0.3 is 14.5 Å². The number of rotatable bonds is 5. The lowest BCUT2D eigenvalue weighted by molar-refractivity contribution is -0.145. The van der Waals surface area contributed by atoms with Crippen LogP contribution >= 0.6 is 11.6 Å². The Morgan fingerprint density at radius 1 is 1.32 bits per heavy atom. The Hall–Kier alpha value is -2.41. The van der Waals surface area contributed by atoms with Gasteiger partial charge in [0.2, 0.25) is 17.6 Å². The monoisotopic (exact) mass is 363 g/mol. The fourth-order valence-corrected chi connectivity index (χ4v) is 2.98. The SMILES string of the molecule is O=C(O)C1CCCN(C(=O)CCc2nc(-c3ccc(Cl)cc3)no2)C1. The first-order valence-corrected chi connectivity index (χ1v) is 8.50. The Morgan fingerprint density at radius 3 is 2.80 bits per heavy atom. The van der Waals surface area contributed by atoms with Crippen LogP contribution in [0.1, 0.15) is 25.2 Å². The number of carboxylic acid groups (broad SMARTS) is 1. The van der Waals surface area contributed by atoms with Gasteiger partial charge in [0.15, 0.2) is 0 Å². The maximum Gasteiger partial charge on any atom is 0.308 e. The van der Waals surface area contributed by atoms with E-state index in [1.807, 2.05) is 0 Å². The second-order valence-corrected chi connectivity index (χ2v) is 6.47. The van der Waals surface area contributed by atoms with E-state index in [4.69, 9.17) is 21.2 Å². The standard InChI is InChI=1S/C17H18ClN3O4/c18-13-5-3-11(4-6-13)16-19-14(25-20-16)7-8-15(22)21-9-1-2-12(10-21)17(23)24/h3-6,12H,1-2,7-10H2,(H,23,24). The van der Waals surface area contributed by atoms with Crippen LogP contribution in [0.4, 0.5) is 0 Å². The highest BCUT2D eigenvalue weighted by Crippen LogP contribution is 2.20. The molecule has 0 aliphatic carbocycles. The summed E-state index contributed by atoms with van der Waals surface area (Å²) in [4.78, 5) is 29.3. The summed E-state index contributed by atoms with van der Waals surface area (Å²) in [5.74, 6) is -0.579. The van der Waals surface area contributed by atoms with E-state index in [0.29, 0.717) is 42.5 Å². The second-order valence-electron chi connectivity index (χ2n) is 6.04. The molecule has 1 aromatic carbocycles. The van der Waals surface area contributed by atoms with Gasteiger partial charge in [-0.15, -0.1) is 0 Å². The zero-order valence-electron chi connectivity index (χ0n) is 13.5. The lowest BCUT2D eigenvalue weighted by Gasteiger charge is -2.30. The number of benzene rings is 1. The van der Waals surface area contributed by atoms with Gasteiger partial charge in [-0.05, 0) is 37.1 Å². The summed E-state index contributed by atoms with van der Waals surface area (Å²) in [6.07, 6.45) is 1.87. The normalized spacial score (nSPS) is 17.5. The van der Waals surface area contributed by atoms with Crippen molar-refractivity contribution in [3.8, 4) is 11.4 Å². The number of hydrogen-bond acceptors (Lipinski definition) is 5. The van der Waals surface area contributed by atoms with E-state index in [1.165, 1.54) is 0 Å². The minimum absolute atomic E-state index is 0.0859. The second kappa shape index (κ2) is 7.65. The molecule has 1 aliphatic rings. The van der Waals surface area contributed by atoms with Crippen LogP contribution in [0.3, 0.4) is 0 Å². The van der Waals surface area contributed by atoms with E-state index in [-0.39, 0.29) is 18.9 Å². The lowest BCUT2D eigenvalue weighted by Crippen LogP contribution is -2.42. The molecule has 1 unspecified atom stereocenters. The van der Waals surface area contributed by atoms with Gasteiger partial charge in [0.05, 0.1) is 5.92 Å². The van der Waals surface area contributed by atoms with E-state index in [1.54, 1.807) is 29.2 Å². The molecule has 1 aromatic heterocycles. The highest BCUT2D eigenvalue weighted by atomic mass is 35.5. The number of hydrogen-bond donors (Lipinski definition) is 1. The molecular weight excluding hydrogens is 346 g/mol. The topological polar surface area (TPSA) is 96.5 Å². The van der Waals surface area contributed by atoms with Gasteiger partial charge in [-0.2, -0.15) is 4.98 Å². The third-order valence-electron chi connectivity index (χ3n) is 4.25. The Labute approximate surface area is 149 Å². The quantitative estimate of drug-likeness (QED) is 0.877. The molecule has 2 heterocycles. The summed E-state index contributed by atoms with van der Waals surface area (Å²) < 4.78 is 5.19. The van der Waals surface area contributed by atoms with Crippen LogP contribution in [-0.4, -0.2) is 45.1 Å². The summed E-state index contributed by atoms with van der Waals surface area (Å²) in [6.45, 7) is 0.872. The molecule has 0 saturated carbocycles. The van der Waals surface area contributed by atoms with Crippen molar-refractivity contribution in [1.82, 2.24) is 15.0 Å². The maximum atomic E-state index is 12.3. The Kier molecular flexibility index (Phi) is 5.33. The van der Waals surface area contributed by atoms with Crippen molar-refractivity contribution in [3.05, 3.63) is 35.2 Å². The van der Waals surface area contributed by atoms with Crippen molar-refractivity contribution >= 4 is 23.5 Å². The molecule has 132 valence electrons. The zero-order chi connectivity index (χ0) is 17.8. The predicted molar refractivity (Wildman–Crippen MR) is 90.0 cm³/mol. The fraction of sp³-hybridized carbons (Fsp3) is 0.412. The van der Waals surface area contributed by atoms with Crippen molar-refractivity contribution in [2.45, 2.75) is 25.7 Å². The number of aliphatic carboxylic acids is 1. The molecule has 1 fully saturated rings. The number of piperidine rings is 1. The molecule has 0 spiro atoms. The van der Waals surface area contributed by atoms with Crippen LogP contribution in [-0.2, 0) is 16.0 Å². The molecule has 1 atom stereocenters. The number of amides is 1. The smallest absolute Gasteiger partial charge is 0.308 e. The maximum absolute atomic E-state index is 12.3. The Balaban J connectivity index is 1.56. The van der Waals surface area contributed by atoms with Crippen molar-refractivity contribution in [1.29, 1.82) is 0 Å². The minimum Gasteiger partial charge on any atom is -0.481 e. The van der Waals surface area contributed by atoms with Crippen LogP contribution in [0, 0.1) is 5.92 Å². The predicted octanol–water partition coefficient (Wildman–Crippen LogP) is 2.65. The Morgan fingerprint density at radius 2 is 2.08 bits per heavy atom. The molecule has 0 radical (unpaired) electrons. The summed E-state index contributed by atoms with van der Waals surface area (Å²) in [5, 5.41) is 13.6. The molecule has 25 heavy (non-hydrogen) atoms. The molecule has 0 bridgehead atoms. The number of aromatic nitrogens is 2. The summed E-state index contributed by atoms with van der Waals surface area (Å²) in [7, 11) is 0. The summed E-state index contributed by atoms with van der Waals surface area (Å²) in [5.41, 5.74) is 0.783. The fourth-order valence-electron chi connectivity index (χ4n) is 2.85. The molecule has 2 aromatic rings. The van der Waals surface area contributed by atoms with Crippen molar-refractivity contribution < 1.29 is 19.2 Å². The van der Waals surface area contributed by atoms with E-state index >= 15 is 0 Å². The van der Waals surface area contributed by atoms with E-state index in [2.05, 4.69) is 10.1 Å². The minimum atomic E-state index is -0.845. The molecular formula is C17H18ClN3O4. The van der Waals surface area contributed by atoms with Crippen LogP contribution in [0.25, 0.3) is 11.4 Å². The molecule has 1 amide bonds. The van der Waals surface area contributed by atoms with E-state index in [0.717, 1.165) is 5.56 Å². The van der Waals surface area contributed by atoms with Gasteiger partial charge in [0, 0.05) is 36.5 Å². The van der Waals surface area contributed by atoms with Gasteiger partial charge in [-0.25, -0.2) is 0 Å². The van der Waals surface area contributed by atoms with Gasteiger partial charge in [0.1, 0.15) is 0 Å². The highest BCUT2D eigenvalue weighted by Gasteiger charge is 2.28. The number of likely N-dealkylation sites (tertiary alicyclic amines) is 1.